The molecular formula is C15H23N5O2. The van der Waals surface area contributed by atoms with Crippen molar-refractivity contribution in [2.45, 2.75) is 18.9 Å². The summed E-state index contributed by atoms with van der Waals surface area (Å²) in [4.78, 5) is 16.6. The summed E-state index contributed by atoms with van der Waals surface area (Å²) < 4.78 is 5.34. The first-order chi connectivity index (χ1) is 10.8. The fourth-order valence-electron chi connectivity index (χ4n) is 3.11. The first kappa shape index (κ1) is 15.2. The first-order valence-electron chi connectivity index (χ1n) is 7.90. The third-order valence-corrected chi connectivity index (χ3v) is 4.53. The van der Waals surface area contributed by atoms with Gasteiger partial charge in [0.05, 0.1) is 6.04 Å². The van der Waals surface area contributed by atoms with Crippen LogP contribution in [0.15, 0.2) is 18.3 Å². The fourth-order valence-corrected chi connectivity index (χ4v) is 3.11. The SMILES string of the molecule is NC(C(=O)N1CCN(c2cccnn2)CC1)C1CCOCC1. The summed E-state index contributed by atoms with van der Waals surface area (Å²) in [7, 11) is 0. The molecule has 1 amide bonds. The minimum atomic E-state index is -0.396. The van der Waals surface area contributed by atoms with E-state index >= 15 is 0 Å². The van der Waals surface area contributed by atoms with Gasteiger partial charge in [0, 0.05) is 45.6 Å². The van der Waals surface area contributed by atoms with E-state index in [9.17, 15) is 4.79 Å². The Morgan fingerprint density at radius 2 is 2.00 bits per heavy atom. The molecule has 120 valence electrons. The molecule has 0 bridgehead atoms. The monoisotopic (exact) mass is 305 g/mol. The standard InChI is InChI=1S/C15H23N5O2/c16-14(12-3-10-22-11-4-12)15(21)20-8-6-19(7-9-20)13-2-1-5-17-18-13/h1-2,5,12,14H,3-4,6-11,16H2. The second kappa shape index (κ2) is 7.02. The lowest BCUT2D eigenvalue weighted by atomic mass is 9.91. The number of amides is 1. The molecule has 2 aliphatic heterocycles. The summed E-state index contributed by atoms with van der Waals surface area (Å²) >= 11 is 0. The molecule has 1 unspecified atom stereocenters. The molecule has 0 radical (unpaired) electrons. The normalized spacial score (nSPS) is 21.7. The third-order valence-electron chi connectivity index (χ3n) is 4.53. The van der Waals surface area contributed by atoms with E-state index in [0.717, 1.165) is 31.7 Å². The van der Waals surface area contributed by atoms with Crippen molar-refractivity contribution in [3.8, 4) is 0 Å². The third kappa shape index (κ3) is 3.36. The van der Waals surface area contributed by atoms with E-state index < -0.39 is 6.04 Å². The lowest BCUT2D eigenvalue weighted by Crippen LogP contribution is -2.55. The summed E-state index contributed by atoms with van der Waals surface area (Å²) in [5.74, 6) is 1.19. The molecule has 1 aromatic heterocycles. The molecule has 7 nitrogen and oxygen atoms in total. The molecule has 0 aromatic carbocycles. The Morgan fingerprint density at radius 3 is 2.64 bits per heavy atom. The zero-order valence-corrected chi connectivity index (χ0v) is 12.7. The highest BCUT2D eigenvalue weighted by atomic mass is 16.5. The number of anilines is 1. The number of hydrogen-bond acceptors (Lipinski definition) is 6. The Morgan fingerprint density at radius 1 is 1.27 bits per heavy atom. The lowest BCUT2D eigenvalue weighted by molar-refractivity contribution is -0.135. The van der Waals surface area contributed by atoms with Crippen molar-refractivity contribution in [2.75, 3.05) is 44.3 Å². The highest BCUT2D eigenvalue weighted by Gasteiger charge is 2.31. The minimum absolute atomic E-state index is 0.0747. The van der Waals surface area contributed by atoms with Crippen molar-refractivity contribution in [3.63, 3.8) is 0 Å². The number of nitrogens with two attached hydrogens (primary N) is 1. The summed E-state index contributed by atoms with van der Waals surface area (Å²) in [6.07, 6.45) is 3.43. The Kier molecular flexibility index (Phi) is 4.84. The van der Waals surface area contributed by atoms with Crippen LogP contribution in [-0.2, 0) is 9.53 Å². The predicted octanol–water partition coefficient (Wildman–Crippen LogP) is -0.121. The molecule has 0 aliphatic carbocycles. The van der Waals surface area contributed by atoms with Gasteiger partial charge in [-0.25, -0.2) is 0 Å². The smallest absolute Gasteiger partial charge is 0.239 e. The molecule has 0 saturated carbocycles. The molecule has 7 heteroatoms. The second-order valence-electron chi connectivity index (χ2n) is 5.87. The van der Waals surface area contributed by atoms with E-state index in [-0.39, 0.29) is 11.8 Å². The van der Waals surface area contributed by atoms with Gasteiger partial charge in [0.15, 0.2) is 5.82 Å². The molecule has 0 spiro atoms. The first-order valence-corrected chi connectivity index (χ1v) is 7.90. The molecule has 2 N–H and O–H groups in total. The summed E-state index contributed by atoms with van der Waals surface area (Å²) in [6, 6.07) is 3.42. The number of aromatic nitrogens is 2. The van der Waals surface area contributed by atoms with E-state index in [2.05, 4.69) is 15.1 Å². The highest BCUT2D eigenvalue weighted by molar-refractivity contribution is 5.82. The fraction of sp³-hybridized carbons (Fsp3) is 0.667. The topological polar surface area (TPSA) is 84.6 Å². The van der Waals surface area contributed by atoms with Crippen molar-refractivity contribution in [3.05, 3.63) is 18.3 Å². The van der Waals surface area contributed by atoms with Crippen LogP contribution in [0.5, 0.6) is 0 Å². The number of rotatable bonds is 3. The van der Waals surface area contributed by atoms with Gasteiger partial charge >= 0.3 is 0 Å². The molecule has 3 rings (SSSR count). The number of carbonyl (C=O) groups is 1. The average molecular weight is 305 g/mol. The quantitative estimate of drug-likeness (QED) is 0.838. The molecule has 2 saturated heterocycles. The summed E-state index contributed by atoms with van der Waals surface area (Å²) in [6.45, 7) is 4.34. The largest absolute Gasteiger partial charge is 0.381 e. The van der Waals surface area contributed by atoms with Crippen LogP contribution in [0.3, 0.4) is 0 Å². The van der Waals surface area contributed by atoms with Crippen LogP contribution in [0.4, 0.5) is 5.82 Å². The van der Waals surface area contributed by atoms with E-state index in [1.54, 1.807) is 6.20 Å². The minimum Gasteiger partial charge on any atom is -0.381 e. The predicted molar refractivity (Wildman–Crippen MR) is 82.3 cm³/mol. The summed E-state index contributed by atoms with van der Waals surface area (Å²) in [5, 5.41) is 8.01. The molecular weight excluding hydrogens is 282 g/mol. The number of piperazine rings is 1. The zero-order valence-electron chi connectivity index (χ0n) is 12.7. The maximum absolute atomic E-state index is 12.6. The van der Waals surface area contributed by atoms with Gasteiger partial charge in [0.25, 0.3) is 0 Å². The number of hydrogen-bond donors (Lipinski definition) is 1. The van der Waals surface area contributed by atoms with Crippen LogP contribution >= 0.6 is 0 Å². The average Bonchev–Trinajstić information content (AvgIpc) is 2.62. The molecule has 22 heavy (non-hydrogen) atoms. The highest BCUT2D eigenvalue weighted by Crippen LogP contribution is 2.20. The van der Waals surface area contributed by atoms with Crippen LogP contribution in [0.1, 0.15) is 12.8 Å². The Bertz CT molecular complexity index is 484. The van der Waals surface area contributed by atoms with Gasteiger partial charge in [0.2, 0.25) is 5.91 Å². The Balaban J connectivity index is 1.53. The zero-order chi connectivity index (χ0) is 15.4. The van der Waals surface area contributed by atoms with Crippen LogP contribution in [0.2, 0.25) is 0 Å². The molecule has 3 heterocycles. The van der Waals surface area contributed by atoms with Gasteiger partial charge in [0.1, 0.15) is 0 Å². The maximum atomic E-state index is 12.6. The van der Waals surface area contributed by atoms with Gasteiger partial charge in [-0.15, -0.1) is 5.10 Å². The Hall–Kier alpha value is -1.73. The summed E-state index contributed by atoms with van der Waals surface area (Å²) in [5.41, 5.74) is 6.19. The van der Waals surface area contributed by atoms with Crippen molar-refractivity contribution in [1.29, 1.82) is 0 Å². The van der Waals surface area contributed by atoms with Crippen LogP contribution in [-0.4, -0.2) is 66.4 Å². The maximum Gasteiger partial charge on any atom is 0.239 e. The molecule has 1 atom stereocenters. The molecule has 2 aliphatic rings. The van der Waals surface area contributed by atoms with Crippen LogP contribution < -0.4 is 10.6 Å². The van der Waals surface area contributed by atoms with Crippen molar-refractivity contribution < 1.29 is 9.53 Å². The second-order valence-corrected chi connectivity index (χ2v) is 5.87. The number of carbonyl (C=O) groups excluding carboxylic acids is 1. The Labute approximate surface area is 130 Å². The van der Waals surface area contributed by atoms with E-state index in [1.165, 1.54) is 0 Å². The molecule has 1 aromatic rings. The van der Waals surface area contributed by atoms with E-state index in [4.69, 9.17) is 10.5 Å². The van der Waals surface area contributed by atoms with Crippen molar-refractivity contribution in [1.82, 2.24) is 15.1 Å². The van der Waals surface area contributed by atoms with Crippen LogP contribution in [0, 0.1) is 5.92 Å². The van der Waals surface area contributed by atoms with E-state index in [0.29, 0.717) is 26.3 Å². The molecule has 2 fully saturated rings. The van der Waals surface area contributed by atoms with Gasteiger partial charge in [-0.2, -0.15) is 5.10 Å². The van der Waals surface area contributed by atoms with Gasteiger partial charge in [-0.1, -0.05) is 0 Å². The lowest BCUT2D eigenvalue weighted by Gasteiger charge is -2.37. The van der Waals surface area contributed by atoms with Crippen molar-refractivity contribution >= 4 is 11.7 Å². The number of nitrogens with zero attached hydrogens (tertiary/aromatic N) is 4. The van der Waals surface area contributed by atoms with Gasteiger partial charge < -0.3 is 20.3 Å². The van der Waals surface area contributed by atoms with E-state index in [1.807, 2.05) is 17.0 Å². The van der Waals surface area contributed by atoms with Gasteiger partial charge in [-0.3, -0.25) is 4.79 Å². The van der Waals surface area contributed by atoms with Gasteiger partial charge in [-0.05, 0) is 30.9 Å². The van der Waals surface area contributed by atoms with Crippen molar-refractivity contribution in [2.24, 2.45) is 11.7 Å². The number of ether oxygens (including phenoxy) is 1. The van der Waals surface area contributed by atoms with Crippen LogP contribution in [0.25, 0.3) is 0 Å².